The van der Waals surface area contributed by atoms with Crippen LogP contribution in [0.15, 0.2) is 0 Å². The van der Waals surface area contributed by atoms with E-state index in [0.717, 1.165) is 25.7 Å². The van der Waals surface area contributed by atoms with Crippen LogP contribution in [0.5, 0.6) is 0 Å². The second-order valence-electron chi connectivity index (χ2n) is 4.77. The normalized spacial score (nSPS) is 11.7. The summed E-state index contributed by atoms with van der Waals surface area (Å²) in [6.45, 7) is 2.11. The maximum absolute atomic E-state index is 11.4. The highest BCUT2D eigenvalue weighted by molar-refractivity contribution is 5.84. The second kappa shape index (κ2) is 11.2. The Morgan fingerprint density at radius 2 is 1.70 bits per heavy atom. The molecule has 0 aromatic rings. The van der Waals surface area contributed by atoms with E-state index in [1.54, 1.807) is 0 Å². The van der Waals surface area contributed by atoms with E-state index < -0.39 is 11.9 Å². The third-order valence-corrected chi connectivity index (χ3v) is 2.83. The molecule has 7 heteroatoms. The van der Waals surface area contributed by atoms with Crippen LogP contribution in [0.25, 0.3) is 0 Å². The molecule has 20 heavy (non-hydrogen) atoms. The van der Waals surface area contributed by atoms with E-state index in [9.17, 15) is 14.4 Å². The third-order valence-electron chi connectivity index (χ3n) is 2.83. The summed E-state index contributed by atoms with van der Waals surface area (Å²) >= 11 is 0. The predicted molar refractivity (Wildman–Crippen MR) is 75.0 cm³/mol. The first-order chi connectivity index (χ1) is 9.47. The minimum atomic E-state index is -0.966. The molecule has 5 N–H and O–H groups in total. The Bertz CT molecular complexity index is 321. The van der Waals surface area contributed by atoms with Crippen LogP contribution in [0.2, 0.25) is 0 Å². The zero-order valence-corrected chi connectivity index (χ0v) is 12.0. The molecule has 0 spiro atoms. The maximum atomic E-state index is 11.4. The number of carboxylic acids is 1. The lowest BCUT2D eigenvalue weighted by Crippen LogP contribution is -2.39. The molecule has 0 bridgehead atoms. The average molecular weight is 287 g/mol. The van der Waals surface area contributed by atoms with Gasteiger partial charge in [0.25, 0.3) is 0 Å². The fraction of sp³-hybridized carbons (Fsp3) is 0.769. The molecule has 0 saturated carbocycles. The lowest BCUT2D eigenvalue weighted by Gasteiger charge is -2.09. The highest BCUT2D eigenvalue weighted by Gasteiger charge is 2.12. The molecular formula is C13H25N3O4. The molecule has 0 aliphatic carbocycles. The molecule has 0 aromatic heterocycles. The number of hydrogen-bond acceptors (Lipinski definition) is 4. The van der Waals surface area contributed by atoms with Gasteiger partial charge in [0.15, 0.2) is 0 Å². The van der Waals surface area contributed by atoms with Crippen molar-refractivity contribution in [3.63, 3.8) is 0 Å². The van der Waals surface area contributed by atoms with Crippen molar-refractivity contribution in [2.45, 2.75) is 39.0 Å². The summed E-state index contributed by atoms with van der Waals surface area (Å²) in [6, 6.07) is 0. The summed E-state index contributed by atoms with van der Waals surface area (Å²) in [4.78, 5) is 33.3. The molecule has 116 valence electrons. The number of carbonyl (C=O) groups is 3. The van der Waals surface area contributed by atoms with Crippen molar-refractivity contribution >= 4 is 17.8 Å². The number of carboxylic acid groups (broad SMARTS) is 1. The Morgan fingerprint density at radius 1 is 1.05 bits per heavy atom. The Labute approximate surface area is 119 Å². The molecule has 0 aliphatic rings. The molecule has 0 heterocycles. The summed E-state index contributed by atoms with van der Waals surface area (Å²) < 4.78 is 0. The van der Waals surface area contributed by atoms with Crippen LogP contribution in [-0.2, 0) is 14.4 Å². The lowest BCUT2D eigenvalue weighted by molar-refractivity contribution is -0.141. The third kappa shape index (κ3) is 10.3. The molecule has 0 fully saturated rings. The predicted octanol–water partition coefficient (Wildman–Crippen LogP) is -0.151. The van der Waals surface area contributed by atoms with Gasteiger partial charge in [-0.25, -0.2) is 0 Å². The van der Waals surface area contributed by atoms with Gasteiger partial charge in [0.05, 0.1) is 12.5 Å². The molecule has 2 amide bonds. The topological polar surface area (TPSA) is 122 Å². The minimum Gasteiger partial charge on any atom is -0.481 e. The van der Waals surface area contributed by atoms with Gasteiger partial charge in [-0.2, -0.15) is 0 Å². The van der Waals surface area contributed by atoms with Crippen LogP contribution < -0.4 is 16.4 Å². The van der Waals surface area contributed by atoms with E-state index in [2.05, 4.69) is 10.6 Å². The van der Waals surface area contributed by atoms with Gasteiger partial charge in [0, 0.05) is 13.0 Å². The maximum Gasteiger partial charge on any atom is 0.308 e. The number of unbranched alkanes of at least 4 members (excludes halogenated alkanes) is 3. The Kier molecular flexibility index (Phi) is 10.3. The number of nitrogens with two attached hydrogens (primary N) is 1. The van der Waals surface area contributed by atoms with Crippen molar-refractivity contribution in [1.29, 1.82) is 0 Å². The average Bonchev–Trinajstić information content (AvgIpc) is 2.42. The van der Waals surface area contributed by atoms with Gasteiger partial charge in [0.2, 0.25) is 11.8 Å². The van der Waals surface area contributed by atoms with Crippen molar-refractivity contribution in [3.8, 4) is 0 Å². The van der Waals surface area contributed by atoms with Crippen LogP contribution in [0.1, 0.15) is 39.0 Å². The van der Waals surface area contributed by atoms with Crippen LogP contribution in [0, 0.1) is 5.92 Å². The van der Waals surface area contributed by atoms with Gasteiger partial charge in [-0.1, -0.05) is 19.8 Å². The highest BCUT2D eigenvalue weighted by atomic mass is 16.4. The summed E-state index contributed by atoms with van der Waals surface area (Å²) in [5.74, 6) is -2.15. The fourth-order valence-corrected chi connectivity index (χ4v) is 1.47. The second-order valence-corrected chi connectivity index (χ2v) is 4.77. The van der Waals surface area contributed by atoms with Crippen LogP contribution in [0.3, 0.4) is 0 Å². The van der Waals surface area contributed by atoms with E-state index >= 15 is 0 Å². The van der Waals surface area contributed by atoms with Gasteiger partial charge in [-0.15, -0.1) is 0 Å². The zero-order chi connectivity index (χ0) is 15.4. The van der Waals surface area contributed by atoms with Gasteiger partial charge < -0.3 is 21.5 Å². The van der Waals surface area contributed by atoms with Gasteiger partial charge in [-0.3, -0.25) is 14.4 Å². The van der Waals surface area contributed by atoms with E-state index in [0.29, 0.717) is 13.0 Å². The summed E-state index contributed by atoms with van der Waals surface area (Å²) in [5, 5.41) is 13.6. The Morgan fingerprint density at radius 3 is 2.30 bits per heavy atom. The first-order valence-corrected chi connectivity index (χ1v) is 6.93. The highest BCUT2D eigenvalue weighted by Crippen LogP contribution is 2.01. The Hall–Kier alpha value is -1.63. The van der Waals surface area contributed by atoms with Gasteiger partial charge in [-0.05, 0) is 19.4 Å². The lowest BCUT2D eigenvalue weighted by atomic mass is 10.1. The molecule has 0 saturated heterocycles. The zero-order valence-electron chi connectivity index (χ0n) is 12.0. The molecule has 0 aromatic carbocycles. The van der Waals surface area contributed by atoms with Crippen molar-refractivity contribution in [2.75, 3.05) is 19.6 Å². The quantitative estimate of drug-likeness (QED) is 0.394. The first kappa shape index (κ1) is 18.4. The van der Waals surface area contributed by atoms with Crippen LogP contribution in [-0.4, -0.2) is 42.5 Å². The minimum absolute atomic E-state index is 0.0587. The smallest absolute Gasteiger partial charge is 0.308 e. The summed E-state index contributed by atoms with van der Waals surface area (Å²) in [7, 11) is 0. The number of aliphatic carboxylic acids is 1. The van der Waals surface area contributed by atoms with Crippen LogP contribution in [0.4, 0.5) is 0 Å². The van der Waals surface area contributed by atoms with Crippen molar-refractivity contribution in [1.82, 2.24) is 10.6 Å². The molecule has 7 nitrogen and oxygen atoms in total. The molecule has 0 rings (SSSR count). The first-order valence-electron chi connectivity index (χ1n) is 6.93. The van der Waals surface area contributed by atoms with E-state index in [-0.39, 0.29) is 24.9 Å². The Balaban J connectivity index is 3.58. The van der Waals surface area contributed by atoms with E-state index in [1.165, 1.54) is 6.92 Å². The number of hydrogen-bond donors (Lipinski definition) is 4. The number of carbonyl (C=O) groups excluding carboxylic acids is 2. The summed E-state index contributed by atoms with van der Waals surface area (Å²) in [6.07, 6.45) is 4.10. The van der Waals surface area contributed by atoms with Crippen LogP contribution >= 0.6 is 0 Å². The molecule has 0 unspecified atom stereocenters. The van der Waals surface area contributed by atoms with Crippen molar-refractivity contribution in [2.24, 2.45) is 11.7 Å². The molecule has 0 aliphatic heterocycles. The number of amides is 2. The van der Waals surface area contributed by atoms with Crippen molar-refractivity contribution in [3.05, 3.63) is 0 Å². The van der Waals surface area contributed by atoms with Crippen molar-refractivity contribution < 1.29 is 19.5 Å². The molecule has 0 radical (unpaired) electrons. The molecular weight excluding hydrogens is 262 g/mol. The van der Waals surface area contributed by atoms with Gasteiger partial charge >= 0.3 is 5.97 Å². The fourth-order valence-electron chi connectivity index (χ4n) is 1.47. The molecule has 1 atom stereocenters. The monoisotopic (exact) mass is 287 g/mol. The SMILES string of the molecule is C[C@@H](CNC(=O)CNC(=O)CCCCCCN)C(=O)O. The van der Waals surface area contributed by atoms with Gasteiger partial charge in [0.1, 0.15) is 0 Å². The summed E-state index contributed by atoms with van der Waals surface area (Å²) in [5.41, 5.74) is 5.36. The largest absolute Gasteiger partial charge is 0.481 e. The number of rotatable bonds is 11. The van der Waals surface area contributed by atoms with E-state index in [1.807, 2.05) is 0 Å². The van der Waals surface area contributed by atoms with E-state index in [4.69, 9.17) is 10.8 Å². The number of nitrogens with one attached hydrogen (secondary N) is 2. The standard InChI is InChI=1S/C13H25N3O4/c1-10(13(19)20)8-15-12(18)9-16-11(17)6-4-2-3-5-7-14/h10H,2-9,14H2,1H3,(H,15,18)(H,16,17)(H,19,20)/t10-/m0/s1.